The number of hydrogen-bond acceptors (Lipinski definition) is 4. The molecular formula is C12H15NO3. The van der Waals surface area contributed by atoms with Crippen LogP contribution in [0.25, 0.3) is 0 Å². The molecule has 0 aromatic heterocycles. The van der Waals surface area contributed by atoms with Crippen LogP contribution in [-0.2, 0) is 14.3 Å². The summed E-state index contributed by atoms with van der Waals surface area (Å²) in [6, 6.07) is 7.35. The average molecular weight is 221 g/mol. The molecule has 0 spiro atoms. The third-order valence-electron chi connectivity index (χ3n) is 1.56. The minimum atomic E-state index is -0.211. The second-order valence-electron chi connectivity index (χ2n) is 2.96. The van der Waals surface area contributed by atoms with Crippen LogP contribution in [0.15, 0.2) is 29.3 Å². The third-order valence-corrected chi connectivity index (χ3v) is 1.56. The SMILES string of the molecule is CCOC(C)=O.Cc1ccc(N=C=O)cc1. The van der Waals surface area contributed by atoms with Crippen molar-refractivity contribution in [2.45, 2.75) is 20.8 Å². The molecule has 1 aromatic carbocycles. The lowest BCUT2D eigenvalue weighted by Gasteiger charge is -1.89. The van der Waals surface area contributed by atoms with E-state index in [0.29, 0.717) is 12.3 Å². The van der Waals surface area contributed by atoms with Crippen LogP contribution in [0.3, 0.4) is 0 Å². The van der Waals surface area contributed by atoms with Crippen molar-refractivity contribution in [3.05, 3.63) is 29.8 Å². The first kappa shape index (κ1) is 14.1. The van der Waals surface area contributed by atoms with Gasteiger partial charge in [0.1, 0.15) is 0 Å². The fourth-order valence-electron chi connectivity index (χ4n) is 0.875. The van der Waals surface area contributed by atoms with E-state index in [0.717, 1.165) is 5.56 Å². The molecule has 0 bridgehead atoms. The van der Waals surface area contributed by atoms with Crippen molar-refractivity contribution in [3.63, 3.8) is 0 Å². The van der Waals surface area contributed by atoms with Crippen LogP contribution in [0.5, 0.6) is 0 Å². The number of esters is 1. The summed E-state index contributed by atoms with van der Waals surface area (Å²) in [6.45, 7) is 5.63. The topological polar surface area (TPSA) is 55.7 Å². The van der Waals surface area contributed by atoms with Crippen LogP contribution in [0.4, 0.5) is 5.69 Å². The highest BCUT2D eigenvalue weighted by atomic mass is 16.5. The predicted octanol–water partition coefficient (Wildman–Crippen LogP) is 2.53. The van der Waals surface area contributed by atoms with Gasteiger partial charge in [0.05, 0.1) is 12.3 Å². The van der Waals surface area contributed by atoms with E-state index in [1.165, 1.54) is 13.0 Å². The molecule has 0 aliphatic carbocycles. The van der Waals surface area contributed by atoms with Gasteiger partial charge in [-0.2, -0.15) is 4.99 Å². The molecule has 0 aliphatic rings. The summed E-state index contributed by atoms with van der Waals surface area (Å²) < 4.78 is 4.40. The molecule has 0 fully saturated rings. The summed E-state index contributed by atoms with van der Waals surface area (Å²) in [5, 5.41) is 0. The highest BCUT2D eigenvalue weighted by molar-refractivity contribution is 5.65. The summed E-state index contributed by atoms with van der Waals surface area (Å²) in [6.07, 6.45) is 1.48. The molecule has 0 amide bonds. The molecule has 0 aliphatic heterocycles. The van der Waals surface area contributed by atoms with Gasteiger partial charge < -0.3 is 4.74 Å². The smallest absolute Gasteiger partial charge is 0.302 e. The van der Waals surface area contributed by atoms with E-state index < -0.39 is 0 Å². The molecule has 1 aromatic rings. The largest absolute Gasteiger partial charge is 0.466 e. The monoisotopic (exact) mass is 221 g/mol. The van der Waals surface area contributed by atoms with Gasteiger partial charge >= 0.3 is 5.97 Å². The Balaban J connectivity index is 0.000000325. The summed E-state index contributed by atoms with van der Waals surface area (Å²) in [7, 11) is 0. The van der Waals surface area contributed by atoms with Gasteiger partial charge in [0.25, 0.3) is 0 Å². The van der Waals surface area contributed by atoms with E-state index in [-0.39, 0.29) is 5.97 Å². The summed E-state index contributed by atoms with van der Waals surface area (Å²) in [5.41, 5.74) is 1.81. The Morgan fingerprint density at radius 1 is 1.38 bits per heavy atom. The maximum atomic E-state index is 9.82. The lowest BCUT2D eigenvalue weighted by atomic mass is 10.2. The Morgan fingerprint density at radius 3 is 2.25 bits per heavy atom. The molecule has 86 valence electrons. The van der Waals surface area contributed by atoms with Crippen molar-refractivity contribution < 1.29 is 14.3 Å². The number of benzene rings is 1. The van der Waals surface area contributed by atoms with Crippen LogP contribution < -0.4 is 0 Å². The second kappa shape index (κ2) is 8.38. The van der Waals surface area contributed by atoms with E-state index in [1.54, 1.807) is 19.1 Å². The lowest BCUT2D eigenvalue weighted by Crippen LogP contribution is -1.95. The van der Waals surface area contributed by atoms with Crippen LogP contribution in [0.1, 0.15) is 19.4 Å². The highest BCUT2D eigenvalue weighted by Crippen LogP contribution is 2.10. The number of aryl methyl sites for hydroxylation is 1. The van der Waals surface area contributed by atoms with Crippen LogP contribution in [0, 0.1) is 6.92 Å². The molecule has 0 saturated carbocycles. The Hall–Kier alpha value is -1.93. The molecular weight excluding hydrogens is 206 g/mol. The number of rotatable bonds is 2. The molecule has 0 saturated heterocycles. The van der Waals surface area contributed by atoms with Crippen LogP contribution in [0.2, 0.25) is 0 Å². The van der Waals surface area contributed by atoms with Gasteiger partial charge in [-0.1, -0.05) is 17.7 Å². The Labute approximate surface area is 95.0 Å². The van der Waals surface area contributed by atoms with E-state index in [9.17, 15) is 9.59 Å². The summed E-state index contributed by atoms with van der Waals surface area (Å²) in [4.78, 5) is 23.0. The molecule has 0 atom stereocenters. The van der Waals surface area contributed by atoms with E-state index in [4.69, 9.17) is 0 Å². The first-order chi connectivity index (χ1) is 7.60. The zero-order valence-corrected chi connectivity index (χ0v) is 9.69. The fraction of sp³-hybridized carbons (Fsp3) is 0.333. The standard InChI is InChI=1S/C8H7NO.C4H8O2/c1-7-2-4-8(5-3-7)9-6-10;1-3-6-4(2)5/h2-5H,1H3;3H2,1-2H3. The van der Waals surface area contributed by atoms with Crippen molar-refractivity contribution in [1.82, 2.24) is 0 Å². The van der Waals surface area contributed by atoms with Gasteiger partial charge in [-0.15, -0.1) is 0 Å². The van der Waals surface area contributed by atoms with Gasteiger partial charge in [0.15, 0.2) is 0 Å². The molecule has 0 N–H and O–H groups in total. The van der Waals surface area contributed by atoms with Crippen LogP contribution >= 0.6 is 0 Å². The first-order valence-electron chi connectivity index (χ1n) is 4.88. The van der Waals surface area contributed by atoms with Crippen molar-refractivity contribution in [3.8, 4) is 0 Å². The molecule has 16 heavy (non-hydrogen) atoms. The number of carbonyl (C=O) groups is 1. The second-order valence-corrected chi connectivity index (χ2v) is 2.96. The Morgan fingerprint density at radius 2 is 1.94 bits per heavy atom. The van der Waals surface area contributed by atoms with E-state index in [2.05, 4.69) is 9.73 Å². The van der Waals surface area contributed by atoms with Crippen LogP contribution in [-0.4, -0.2) is 18.7 Å². The fourth-order valence-corrected chi connectivity index (χ4v) is 0.875. The van der Waals surface area contributed by atoms with Gasteiger partial charge in [0.2, 0.25) is 6.08 Å². The van der Waals surface area contributed by atoms with E-state index in [1.807, 2.05) is 19.1 Å². The van der Waals surface area contributed by atoms with Gasteiger partial charge in [0, 0.05) is 6.92 Å². The van der Waals surface area contributed by atoms with Crippen molar-refractivity contribution in [2.24, 2.45) is 4.99 Å². The first-order valence-corrected chi connectivity index (χ1v) is 4.88. The Kier molecular flexibility index (Phi) is 7.37. The zero-order chi connectivity index (χ0) is 12.4. The van der Waals surface area contributed by atoms with Crippen molar-refractivity contribution in [2.75, 3.05) is 6.61 Å². The third kappa shape index (κ3) is 7.47. The average Bonchev–Trinajstić information content (AvgIpc) is 2.22. The highest BCUT2D eigenvalue weighted by Gasteiger charge is 1.85. The molecule has 4 heteroatoms. The minimum Gasteiger partial charge on any atom is -0.466 e. The summed E-state index contributed by atoms with van der Waals surface area (Å²) >= 11 is 0. The van der Waals surface area contributed by atoms with Gasteiger partial charge in [-0.05, 0) is 26.0 Å². The molecule has 0 unspecified atom stereocenters. The number of aliphatic imine (C=N–C) groups is 1. The molecule has 0 heterocycles. The predicted molar refractivity (Wildman–Crippen MR) is 61.3 cm³/mol. The Bertz CT molecular complexity index is 364. The van der Waals surface area contributed by atoms with Crippen molar-refractivity contribution in [1.29, 1.82) is 0 Å². The quantitative estimate of drug-likeness (QED) is 0.438. The van der Waals surface area contributed by atoms with E-state index >= 15 is 0 Å². The minimum absolute atomic E-state index is 0.211. The van der Waals surface area contributed by atoms with Gasteiger partial charge in [-0.25, -0.2) is 4.79 Å². The summed E-state index contributed by atoms with van der Waals surface area (Å²) in [5.74, 6) is -0.211. The number of carbonyl (C=O) groups excluding carboxylic acids is 2. The molecule has 1 rings (SSSR count). The number of hydrogen-bond donors (Lipinski definition) is 0. The molecule has 4 nitrogen and oxygen atoms in total. The molecule has 0 radical (unpaired) electrons. The zero-order valence-electron chi connectivity index (χ0n) is 9.69. The van der Waals surface area contributed by atoms with Crippen molar-refractivity contribution >= 4 is 17.7 Å². The number of nitrogens with zero attached hydrogens (tertiary/aromatic N) is 1. The number of isocyanates is 1. The maximum Gasteiger partial charge on any atom is 0.302 e. The lowest BCUT2D eigenvalue weighted by molar-refractivity contribution is -0.140. The van der Waals surface area contributed by atoms with Gasteiger partial charge in [-0.3, -0.25) is 4.79 Å². The normalized spacial score (nSPS) is 8.19. The number of ether oxygens (including phenoxy) is 1. The maximum absolute atomic E-state index is 9.82.